The van der Waals surface area contributed by atoms with Gasteiger partial charge < -0.3 is 0 Å². The number of rotatable bonds is 3. The molecular formula is C14H20. The van der Waals surface area contributed by atoms with Crippen LogP contribution in [0, 0.1) is 12.8 Å². The van der Waals surface area contributed by atoms with Crippen LogP contribution < -0.4 is 0 Å². The molecule has 0 saturated carbocycles. The van der Waals surface area contributed by atoms with Crippen molar-refractivity contribution in [1.82, 2.24) is 0 Å². The van der Waals surface area contributed by atoms with E-state index in [0.29, 0.717) is 5.92 Å². The van der Waals surface area contributed by atoms with Gasteiger partial charge >= 0.3 is 0 Å². The Hall–Kier alpha value is -1.04. The molecule has 0 radical (unpaired) electrons. The molecule has 1 rings (SSSR count). The maximum absolute atomic E-state index is 2.34. The average Bonchev–Trinajstić information content (AvgIpc) is 2.16. The Kier molecular flexibility index (Phi) is 3.94. The van der Waals surface area contributed by atoms with Crippen molar-refractivity contribution in [3.8, 4) is 0 Å². The molecule has 1 aromatic rings. The number of hydrogen-bond donors (Lipinski definition) is 0. The van der Waals surface area contributed by atoms with Gasteiger partial charge in [-0.2, -0.15) is 0 Å². The van der Waals surface area contributed by atoms with E-state index in [4.69, 9.17) is 0 Å². The highest BCUT2D eigenvalue weighted by molar-refractivity contribution is 5.28. The summed E-state index contributed by atoms with van der Waals surface area (Å²) in [7, 11) is 0. The summed E-state index contributed by atoms with van der Waals surface area (Å²) >= 11 is 0. The summed E-state index contributed by atoms with van der Waals surface area (Å²) in [6.45, 7) is 8.87. The Morgan fingerprint density at radius 1 is 1.29 bits per heavy atom. The van der Waals surface area contributed by atoms with Crippen molar-refractivity contribution in [3.63, 3.8) is 0 Å². The third-order valence-corrected chi connectivity index (χ3v) is 2.82. The molecule has 0 aromatic heterocycles. The van der Waals surface area contributed by atoms with E-state index in [1.807, 2.05) is 0 Å². The van der Waals surface area contributed by atoms with Crippen LogP contribution in [0.3, 0.4) is 0 Å². The van der Waals surface area contributed by atoms with E-state index in [9.17, 15) is 0 Å². The molecule has 1 aromatic carbocycles. The quantitative estimate of drug-likeness (QED) is 0.625. The van der Waals surface area contributed by atoms with Gasteiger partial charge in [0, 0.05) is 0 Å². The molecule has 14 heavy (non-hydrogen) atoms. The van der Waals surface area contributed by atoms with Gasteiger partial charge in [0.25, 0.3) is 0 Å². The minimum atomic E-state index is 0.666. The fraction of sp³-hybridized carbons (Fsp3) is 0.429. The van der Waals surface area contributed by atoms with Crippen LogP contribution in [0.1, 0.15) is 31.9 Å². The number of benzene rings is 1. The van der Waals surface area contributed by atoms with Crippen molar-refractivity contribution in [2.75, 3.05) is 0 Å². The van der Waals surface area contributed by atoms with Crippen LogP contribution in [-0.2, 0) is 6.42 Å². The first-order chi connectivity index (χ1) is 6.61. The minimum absolute atomic E-state index is 0.666. The van der Waals surface area contributed by atoms with Gasteiger partial charge in [-0.25, -0.2) is 0 Å². The lowest BCUT2D eigenvalue weighted by molar-refractivity contribution is 0.764. The fourth-order valence-electron chi connectivity index (χ4n) is 1.35. The second kappa shape index (κ2) is 4.99. The van der Waals surface area contributed by atoms with Crippen LogP contribution in [0.2, 0.25) is 0 Å². The first-order valence-corrected chi connectivity index (χ1v) is 5.32. The van der Waals surface area contributed by atoms with Crippen LogP contribution in [0.4, 0.5) is 0 Å². The predicted molar refractivity (Wildman–Crippen MR) is 63.5 cm³/mol. The Morgan fingerprint density at radius 2 is 1.93 bits per heavy atom. The van der Waals surface area contributed by atoms with E-state index in [2.05, 4.69) is 58.0 Å². The van der Waals surface area contributed by atoms with Gasteiger partial charge in [-0.1, -0.05) is 49.8 Å². The van der Waals surface area contributed by atoms with Gasteiger partial charge in [-0.3, -0.25) is 0 Å². The highest BCUT2D eigenvalue weighted by atomic mass is 14.0. The van der Waals surface area contributed by atoms with E-state index in [1.54, 1.807) is 0 Å². The summed E-state index contributed by atoms with van der Waals surface area (Å²) in [4.78, 5) is 0. The van der Waals surface area contributed by atoms with Crippen molar-refractivity contribution in [2.24, 2.45) is 5.92 Å². The molecule has 0 atom stereocenters. The molecule has 0 aliphatic heterocycles. The molecule has 0 heterocycles. The normalized spacial score (nSPS) is 12.2. The van der Waals surface area contributed by atoms with Crippen molar-refractivity contribution in [3.05, 3.63) is 47.0 Å². The lowest BCUT2D eigenvalue weighted by atomic mass is 10.0. The predicted octanol–water partition coefficient (Wildman–Crippen LogP) is 4.14. The molecule has 0 heteroatoms. The molecule has 76 valence electrons. The van der Waals surface area contributed by atoms with Crippen LogP contribution in [0.5, 0.6) is 0 Å². The monoisotopic (exact) mass is 188 g/mol. The number of hydrogen-bond acceptors (Lipinski definition) is 0. The van der Waals surface area contributed by atoms with Gasteiger partial charge in [0.05, 0.1) is 0 Å². The molecule has 0 N–H and O–H groups in total. The molecule has 0 spiro atoms. The van der Waals surface area contributed by atoms with E-state index in [1.165, 1.54) is 16.7 Å². The minimum Gasteiger partial charge on any atom is -0.0809 e. The highest BCUT2D eigenvalue weighted by Gasteiger charge is 1.97. The van der Waals surface area contributed by atoms with Gasteiger partial charge in [0.15, 0.2) is 0 Å². The Bertz CT molecular complexity index is 319. The SMILES string of the molecule is C/C(=C/Cc1ccccc1C)C(C)C. The zero-order valence-electron chi connectivity index (χ0n) is 9.67. The smallest absolute Gasteiger partial charge is 0.00921 e. The fourth-order valence-corrected chi connectivity index (χ4v) is 1.35. The summed E-state index contributed by atoms with van der Waals surface area (Å²) in [5.74, 6) is 0.666. The summed E-state index contributed by atoms with van der Waals surface area (Å²) < 4.78 is 0. The van der Waals surface area contributed by atoms with Crippen molar-refractivity contribution < 1.29 is 0 Å². The lowest BCUT2D eigenvalue weighted by Crippen LogP contribution is -1.91. The second-order valence-corrected chi connectivity index (χ2v) is 4.23. The van der Waals surface area contributed by atoms with Crippen LogP contribution >= 0.6 is 0 Å². The van der Waals surface area contributed by atoms with Gasteiger partial charge in [-0.15, -0.1) is 0 Å². The summed E-state index contributed by atoms with van der Waals surface area (Å²) in [5.41, 5.74) is 4.31. The molecule has 0 unspecified atom stereocenters. The largest absolute Gasteiger partial charge is 0.0809 e. The maximum atomic E-state index is 2.34. The molecular weight excluding hydrogens is 168 g/mol. The molecule has 0 nitrogen and oxygen atoms in total. The first kappa shape index (κ1) is 11.0. The standard InChI is InChI=1S/C14H20/c1-11(2)12(3)9-10-14-8-6-5-7-13(14)4/h5-9,11H,10H2,1-4H3/b12-9-. The summed E-state index contributed by atoms with van der Waals surface area (Å²) in [6, 6.07) is 8.59. The number of aryl methyl sites for hydroxylation is 1. The third kappa shape index (κ3) is 3.02. The second-order valence-electron chi connectivity index (χ2n) is 4.23. The van der Waals surface area contributed by atoms with E-state index in [-0.39, 0.29) is 0 Å². The Morgan fingerprint density at radius 3 is 2.50 bits per heavy atom. The van der Waals surface area contributed by atoms with Crippen molar-refractivity contribution >= 4 is 0 Å². The van der Waals surface area contributed by atoms with Crippen LogP contribution in [-0.4, -0.2) is 0 Å². The number of allylic oxidation sites excluding steroid dienone is 2. The molecule has 0 amide bonds. The maximum Gasteiger partial charge on any atom is -0.00921 e. The van der Waals surface area contributed by atoms with Gasteiger partial charge in [0.1, 0.15) is 0 Å². The molecule has 0 aliphatic carbocycles. The van der Waals surface area contributed by atoms with E-state index in [0.717, 1.165) is 6.42 Å². The Balaban J connectivity index is 2.71. The zero-order valence-corrected chi connectivity index (χ0v) is 9.67. The van der Waals surface area contributed by atoms with Crippen molar-refractivity contribution in [2.45, 2.75) is 34.1 Å². The highest BCUT2D eigenvalue weighted by Crippen LogP contribution is 2.12. The van der Waals surface area contributed by atoms with Crippen molar-refractivity contribution in [1.29, 1.82) is 0 Å². The molecule has 0 aliphatic rings. The first-order valence-electron chi connectivity index (χ1n) is 5.32. The van der Waals surface area contributed by atoms with Gasteiger partial charge in [-0.05, 0) is 37.3 Å². The average molecular weight is 188 g/mol. The third-order valence-electron chi connectivity index (χ3n) is 2.82. The topological polar surface area (TPSA) is 0 Å². The van der Waals surface area contributed by atoms with Crippen LogP contribution in [0.25, 0.3) is 0 Å². The zero-order chi connectivity index (χ0) is 10.6. The molecule has 0 saturated heterocycles. The van der Waals surface area contributed by atoms with Crippen LogP contribution in [0.15, 0.2) is 35.9 Å². The lowest BCUT2D eigenvalue weighted by Gasteiger charge is -2.06. The molecule has 0 fully saturated rings. The summed E-state index contributed by atoms with van der Waals surface area (Å²) in [6.07, 6.45) is 3.41. The Labute approximate surface area is 87.7 Å². The van der Waals surface area contributed by atoms with E-state index < -0.39 is 0 Å². The molecule has 0 bridgehead atoms. The van der Waals surface area contributed by atoms with E-state index >= 15 is 0 Å². The summed E-state index contributed by atoms with van der Waals surface area (Å²) in [5, 5.41) is 0. The van der Waals surface area contributed by atoms with Gasteiger partial charge in [0.2, 0.25) is 0 Å².